The summed E-state index contributed by atoms with van der Waals surface area (Å²) in [6.45, 7) is 1.77. The molecule has 25 heavy (non-hydrogen) atoms. The van der Waals surface area contributed by atoms with Crippen LogP contribution in [0, 0.1) is 0 Å². The summed E-state index contributed by atoms with van der Waals surface area (Å²) in [5.74, 6) is -0.488. The molecule has 0 heterocycles. The summed E-state index contributed by atoms with van der Waals surface area (Å²) >= 11 is 6.12. The van der Waals surface area contributed by atoms with E-state index in [-0.39, 0.29) is 11.8 Å². The number of halogens is 1. The van der Waals surface area contributed by atoms with Gasteiger partial charge in [-0.3, -0.25) is 9.59 Å². The third kappa shape index (κ3) is 5.31. The van der Waals surface area contributed by atoms with Crippen molar-refractivity contribution in [3.63, 3.8) is 0 Å². The first kappa shape index (κ1) is 19.0. The number of anilines is 1. The fourth-order valence-corrected chi connectivity index (χ4v) is 2.63. The summed E-state index contributed by atoms with van der Waals surface area (Å²) in [4.78, 5) is 25.3. The van der Waals surface area contributed by atoms with Gasteiger partial charge in [-0.1, -0.05) is 41.9 Å². The molecule has 6 heteroatoms. The van der Waals surface area contributed by atoms with Gasteiger partial charge in [0.15, 0.2) is 0 Å². The van der Waals surface area contributed by atoms with Crippen LogP contribution in [0.15, 0.2) is 48.5 Å². The van der Waals surface area contributed by atoms with Gasteiger partial charge in [0.25, 0.3) is 5.91 Å². The molecule has 5 nitrogen and oxygen atoms in total. The van der Waals surface area contributed by atoms with Crippen molar-refractivity contribution in [1.29, 1.82) is 0 Å². The third-order valence-electron chi connectivity index (χ3n) is 3.79. The standard InChI is InChI=1S/C19H21ClN2O3/c1-13(23)21-15-8-9-17(20)16(12-15)19(25)22(2)11-10-18(24)14-6-4-3-5-7-14/h3-9,12,18,24H,10-11H2,1-2H3,(H,21,23)/t18-/m1/s1. The molecule has 0 saturated heterocycles. The van der Waals surface area contributed by atoms with Gasteiger partial charge in [0, 0.05) is 26.2 Å². The zero-order valence-electron chi connectivity index (χ0n) is 14.2. The lowest BCUT2D eigenvalue weighted by molar-refractivity contribution is -0.114. The molecule has 1 atom stereocenters. The van der Waals surface area contributed by atoms with E-state index in [1.165, 1.54) is 11.8 Å². The predicted molar refractivity (Wildman–Crippen MR) is 98.7 cm³/mol. The molecule has 0 unspecified atom stereocenters. The van der Waals surface area contributed by atoms with Gasteiger partial charge in [0.05, 0.1) is 16.7 Å². The van der Waals surface area contributed by atoms with Gasteiger partial charge in [0.2, 0.25) is 5.91 Å². The molecule has 2 rings (SSSR count). The van der Waals surface area contributed by atoms with Crippen LogP contribution in [0.3, 0.4) is 0 Å². The van der Waals surface area contributed by atoms with Gasteiger partial charge in [-0.25, -0.2) is 0 Å². The summed E-state index contributed by atoms with van der Waals surface area (Å²) in [6.07, 6.45) is -0.229. The number of aliphatic hydroxyl groups is 1. The Hall–Kier alpha value is -2.37. The fraction of sp³-hybridized carbons (Fsp3) is 0.263. The van der Waals surface area contributed by atoms with Crippen LogP contribution in [0.5, 0.6) is 0 Å². The summed E-state index contributed by atoms with van der Waals surface area (Å²) < 4.78 is 0. The van der Waals surface area contributed by atoms with E-state index in [4.69, 9.17) is 11.6 Å². The van der Waals surface area contributed by atoms with Crippen molar-refractivity contribution in [2.75, 3.05) is 18.9 Å². The number of rotatable bonds is 6. The first-order valence-corrected chi connectivity index (χ1v) is 8.32. The molecule has 2 aromatic carbocycles. The molecule has 2 N–H and O–H groups in total. The van der Waals surface area contributed by atoms with E-state index in [1.807, 2.05) is 30.3 Å². The maximum absolute atomic E-state index is 12.6. The van der Waals surface area contributed by atoms with Gasteiger partial charge in [-0.05, 0) is 30.2 Å². The van der Waals surface area contributed by atoms with Gasteiger partial charge in [0.1, 0.15) is 0 Å². The Bertz CT molecular complexity index is 750. The first-order valence-electron chi connectivity index (χ1n) is 7.94. The zero-order valence-corrected chi connectivity index (χ0v) is 15.0. The largest absolute Gasteiger partial charge is 0.388 e. The SMILES string of the molecule is CC(=O)Nc1ccc(Cl)c(C(=O)N(C)CC[C@@H](O)c2ccccc2)c1. The fourth-order valence-electron chi connectivity index (χ4n) is 2.44. The van der Waals surface area contributed by atoms with Gasteiger partial charge in [-0.15, -0.1) is 0 Å². The molecule has 0 bridgehead atoms. The minimum atomic E-state index is -0.641. The number of nitrogens with zero attached hydrogens (tertiary/aromatic N) is 1. The second-order valence-corrected chi connectivity index (χ2v) is 6.22. The molecule has 2 aromatic rings. The van der Waals surface area contributed by atoms with E-state index in [0.29, 0.717) is 29.2 Å². The molecule has 0 fully saturated rings. The summed E-state index contributed by atoms with van der Waals surface area (Å²) in [7, 11) is 1.65. The Morgan fingerprint density at radius 3 is 2.52 bits per heavy atom. The predicted octanol–water partition coefficient (Wildman–Crippen LogP) is 3.49. The quantitative estimate of drug-likeness (QED) is 0.828. The molecule has 0 aliphatic heterocycles. The van der Waals surface area contributed by atoms with E-state index in [0.717, 1.165) is 5.56 Å². The molecule has 0 spiro atoms. The molecule has 2 amide bonds. The van der Waals surface area contributed by atoms with Gasteiger partial charge < -0.3 is 15.3 Å². The lowest BCUT2D eigenvalue weighted by atomic mass is 10.1. The Balaban J connectivity index is 2.03. The van der Waals surface area contributed by atoms with Crippen molar-refractivity contribution in [1.82, 2.24) is 4.90 Å². The highest BCUT2D eigenvalue weighted by molar-refractivity contribution is 6.34. The summed E-state index contributed by atoms with van der Waals surface area (Å²) in [6, 6.07) is 14.1. The second-order valence-electron chi connectivity index (χ2n) is 5.82. The number of nitrogens with one attached hydrogen (secondary N) is 1. The number of carbonyl (C=O) groups is 2. The van der Waals surface area contributed by atoms with Gasteiger partial charge in [-0.2, -0.15) is 0 Å². The number of carbonyl (C=O) groups excluding carboxylic acids is 2. The van der Waals surface area contributed by atoms with Crippen LogP contribution >= 0.6 is 11.6 Å². The third-order valence-corrected chi connectivity index (χ3v) is 4.12. The van der Waals surface area contributed by atoms with Crippen LogP contribution in [0.2, 0.25) is 5.02 Å². The Labute approximate surface area is 152 Å². The number of aliphatic hydroxyl groups excluding tert-OH is 1. The minimum absolute atomic E-state index is 0.222. The lowest BCUT2D eigenvalue weighted by Gasteiger charge is -2.20. The molecular formula is C19H21ClN2O3. The van der Waals surface area contributed by atoms with Crippen molar-refractivity contribution in [3.05, 3.63) is 64.7 Å². The second kappa shape index (κ2) is 8.65. The first-order chi connectivity index (χ1) is 11.9. The van der Waals surface area contributed by atoms with Crippen LogP contribution < -0.4 is 5.32 Å². The monoisotopic (exact) mass is 360 g/mol. The molecule has 132 valence electrons. The lowest BCUT2D eigenvalue weighted by Crippen LogP contribution is -2.29. The number of benzene rings is 2. The molecule has 0 aromatic heterocycles. The van der Waals surface area contributed by atoms with Crippen LogP contribution in [-0.2, 0) is 4.79 Å². The zero-order chi connectivity index (χ0) is 18.4. The molecule has 0 saturated carbocycles. The average Bonchev–Trinajstić information content (AvgIpc) is 2.60. The van der Waals surface area contributed by atoms with Crippen LogP contribution in [-0.4, -0.2) is 35.4 Å². The van der Waals surface area contributed by atoms with E-state index in [9.17, 15) is 14.7 Å². The Kier molecular flexibility index (Phi) is 6.56. The van der Waals surface area contributed by atoms with Gasteiger partial charge >= 0.3 is 0 Å². The number of hydrogen-bond acceptors (Lipinski definition) is 3. The highest BCUT2D eigenvalue weighted by Crippen LogP contribution is 2.23. The number of amides is 2. The smallest absolute Gasteiger partial charge is 0.255 e. The van der Waals surface area contributed by atoms with Crippen LogP contribution in [0.25, 0.3) is 0 Å². The normalized spacial score (nSPS) is 11.7. The van der Waals surface area contributed by atoms with E-state index in [1.54, 1.807) is 25.2 Å². The highest BCUT2D eigenvalue weighted by Gasteiger charge is 2.17. The maximum atomic E-state index is 12.6. The van der Waals surface area contributed by atoms with E-state index >= 15 is 0 Å². The topological polar surface area (TPSA) is 69.6 Å². The van der Waals surface area contributed by atoms with E-state index < -0.39 is 6.10 Å². The Morgan fingerprint density at radius 1 is 1.20 bits per heavy atom. The Morgan fingerprint density at radius 2 is 1.88 bits per heavy atom. The molecule has 0 aliphatic rings. The summed E-state index contributed by atoms with van der Waals surface area (Å²) in [5.41, 5.74) is 1.64. The van der Waals surface area contributed by atoms with Crippen molar-refractivity contribution in [2.45, 2.75) is 19.4 Å². The molecule has 0 aliphatic carbocycles. The van der Waals surface area contributed by atoms with Crippen molar-refractivity contribution in [3.8, 4) is 0 Å². The van der Waals surface area contributed by atoms with Crippen molar-refractivity contribution >= 4 is 29.1 Å². The average molecular weight is 361 g/mol. The van der Waals surface area contributed by atoms with Crippen molar-refractivity contribution < 1.29 is 14.7 Å². The maximum Gasteiger partial charge on any atom is 0.255 e. The van der Waals surface area contributed by atoms with Crippen LogP contribution in [0.4, 0.5) is 5.69 Å². The van der Waals surface area contributed by atoms with Crippen molar-refractivity contribution in [2.24, 2.45) is 0 Å². The van der Waals surface area contributed by atoms with Crippen LogP contribution in [0.1, 0.15) is 35.4 Å². The van der Waals surface area contributed by atoms with E-state index in [2.05, 4.69) is 5.32 Å². The molecule has 0 radical (unpaired) electrons. The minimum Gasteiger partial charge on any atom is -0.388 e. The summed E-state index contributed by atoms with van der Waals surface area (Å²) in [5, 5.41) is 13.2. The molecular weight excluding hydrogens is 340 g/mol. The highest BCUT2D eigenvalue weighted by atomic mass is 35.5. The number of hydrogen-bond donors (Lipinski definition) is 2.